The van der Waals surface area contributed by atoms with E-state index in [2.05, 4.69) is 31.5 Å². The van der Waals surface area contributed by atoms with E-state index in [1.807, 2.05) is 19.9 Å². The summed E-state index contributed by atoms with van der Waals surface area (Å²) in [6, 6.07) is 5.69. The molecule has 150 valence electrons. The second-order valence-corrected chi connectivity index (χ2v) is 6.86. The summed E-state index contributed by atoms with van der Waals surface area (Å²) in [6.07, 6.45) is 4.24. The fraction of sp³-hybridized carbons (Fsp3) is 0.455. The van der Waals surface area contributed by atoms with Gasteiger partial charge in [-0.25, -0.2) is 14.4 Å². The number of aryl methyl sites for hydroxylation is 2. The third-order valence-electron chi connectivity index (χ3n) is 5.07. The van der Waals surface area contributed by atoms with Crippen LogP contribution in [0.5, 0.6) is 11.5 Å². The lowest BCUT2D eigenvalue weighted by molar-refractivity contribution is 0.191. The van der Waals surface area contributed by atoms with Crippen molar-refractivity contribution in [1.82, 2.24) is 14.5 Å². The van der Waals surface area contributed by atoms with Gasteiger partial charge in [0.2, 0.25) is 6.86 Å². The maximum atomic E-state index is 12.5. The average Bonchev–Trinajstić information content (AvgIpc) is 2.99. The normalized spacial score (nSPS) is 11.4. The lowest BCUT2D eigenvalue weighted by Crippen LogP contribution is -2.07. The largest absolute Gasteiger partial charge is 0.493 e. The molecule has 0 aliphatic rings. The number of alkyl halides is 1. The predicted molar refractivity (Wildman–Crippen MR) is 110 cm³/mol. The zero-order chi connectivity index (χ0) is 20.3. The molecule has 0 atom stereocenters. The van der Waals surface area contributed by atoms with Crippen LogP contribution in [-0.2, 0) is 0 Å². The SMILES string of the molecule is CCOc1cc(OCF)ccc1-c1nc2c(C)cn(C(CC)CC)c2nc1C. The lowest BCUT2D eigenvalue weighted by Gasteiger charge is -2.16. The molecule has 0 radical (unpaired) electrons. The number of aromatic nitrogens is 3. The minimum absolute atomic E-state index is 0.409. The van der Waals surface area contributed by atoms with Gasteiger partial charge < -0.3 is 14.0 Å². The number of ether oxygens (including phenoxy) is 2. The van der Waals surface area contributed by atoms with Crippen molar-refractivity contribution in [3.05, 3.63) is 35.7 Å². The molecule has 0 saturated carbocycles. The van der Waals surface area contributed by atoms with Gasteiger partial charge in [0, 0.05) is 23.9 Å². The highest BCUT2D eigenvalue weighted by Gasteiger charge is 2.19. The number of nitrogens with zero attached hydrogens (tertiary/aromatic N) is 3. The molecule has 6 heteroatoms. The topological polar surface area (TPSA) is 49.2 Å². The Morgan fingerprint density at radius 2 is 1.82 bits per heavy atom. The molecule has 0 bridgehead atoms. The molecule has 0 unspecified atom stereocenters. The monoisotopic (exact) mass is 385 g/mol. The fourth-order valence-corrected chi connectivity index (χ4v) is 3.62. The van der Waals surface area contributed by atoms with Crippen molar-refractivity contribution in [3.8, 4) is 22.8 Å². The number of benzene rings is 1. The molecule has 1 aromatic carbocycles. The zero-order valence-electron chi connectivity index (χ0n) is 17.3. The Hall–Kier alpha value is -2.63. The van der Waals surface area contributed by atoms with E-state index in [4.69, 9.17) is 19.4 Å². The summed E-state index contributed by atoms with van der Waals surface area (Å²) < 4.78 is 25.5. The molecule has 0 amide bonds. The predicted octanol–water partition coefficient (Wildman–Crippen LogP) is 5.78. The van der Waals surface area contributed by atoms with Crippen LogP contribution in [0.3, 0.4) is 0 Å². The van der Waals surface area contributed by atoms with Gasteiger partial charge in [0.25, 0.3) is 0 Å². The van der Waals surface area contributed by atoms with Crippen LogP contribution >= 0.6 is 0 Å². The van der Waals surface area contributed by atoms with Crippen molar-refractivity contribution >= 4 is 11.2 Å². The van der Waals surface area contributed by atoms with Crippen molar-refractivity contribution in [1.29, 1.82) is 0 Å². The van der Waals surface area contributed by atoms with E-state index >= 15 is 0 Å². The zero-order valence-corrected chi connectivity index (χ0v) is 17.3. The molecule has 2 aromatic heterocycles. The first-order valence-electron chi connectivity index (χ1n) is 9.85. The first kappa shape index (κ1) is 20.1. The standard InChI is InChI=1S/C22H28FN3O2/c1-6-16(7-2)26-12-14(4)20-22(26)24-15(5)21(25-20)18-10-9-17(28-13-23)11-19(18)27-8-3/h9-12,16H,6-8,13H2,1-5H3. The summed E-state index contributed by atoms with van der Waals surface area (Å²) in [7, 11) is 0. The van der Waals surface area contributed by atoms with Crippen LogP contribution < -0.4 is 9.47 Å². The summed E-state index contributed by atoms with van der Waals surface area (Å²) in [6.45, 7) is 9.94. The van der Waals surface area contributed by atoms with E-state index in [1.165, 1.54) is 0 Å². The van der Waals surface area contributed by atoms with Crippen LogP contribution in [0.4, 0.5) is 4.39 Å². The van der Waals surface area contributed by atoms with Gasteiger partial charge in [-0.05, 0) is 51.3 Å². The summed E-state index contributed by atoms with van der Waals surface area (Å²) in [5.41, 5.74) is 5.36. The highest BCUT2D eigenvalue weighted by Crippen LogP contribution is 2.36. The van der Waals surface area contributed by atoms with Crippen LogP contribution in [0.2, 0.25) is 0 Å². The van der Waals surface area contributed by atoms with Gasteiger partial charge in [-0.2, -0.15) is 0 Å². The van der Waals surface area contributed by atoms with Crippen molar-refractivity contribution in [3.63, 3.8) is 0 Å². The van der Waals surface area contributed by atoms with E-state index in [9.17, 15) is 4.39 Å². The summed E-state index contributed by atoms with van der Waals surface area (Å²) in [5.74, 6) is 1.04. The van der Waals surface area contributed by atoms with Gasteiger partial charge in [-0.1, -0.05) is 13.8 Å². The maximum absolute atomic E-state index is 12.5. The average molecular weight is 385 g/mol. The Morgan fingerprint density at radius 3 is 2.46 bits per heavy atom. The Morgan fingerprint density at radius 1 is 1.07 bits per heavy atom. The highest BCUT2D eigenvalue weighted by molar-refractivity contribution is 5.81. The molecule has 3 rings (SSSR count). The Kier molecular flexibility index (Phi) is 6.17. The van der Waals surface area contributed by atoms with E-state index < -0.39 is 6.86 Å². The van der Waals surface area contributed by atoms with Crippen molar-refractivity contribution in [2.24, 2.45) is 0 Å². The fourth-order valence-electron chi connectivity index (χ4n) is 3.62. The van der Waals surface area contributed by atoms with Crippen LogP contribution in [-0.4, -0.2) is 28.0 Å². The summed E-state index contributed by atoms with van der Waals surface area (Å²) >= 11 is 0. The number of hydrogen-bond donors (Lipinski definition) is 0. The van der Waals surface area contributed by atoms with Crippen LogP contribution in [0.15, 0.2) is 24.4 Å². The van der Waals surface area contributed by atoms with Gasteiger partial charge >= 0.3 is 0 Å². The number of fused-ring (bicyclic) bond motifs is 1. The van der Waals surface area contributed by atoms with E-state index in [0.29, 0.717) is 24.1 Å². The second kappa shape index (κ2) is 8.59. The Labute approximate surface area is 165 Å². The Bertz CT molecular complexity index is 964. The molecule has 0 saturated heterocycles. The minimum Gasteiger partial charge on any atom is -0.493 e. The van der Waals surface area contributed by atoms with Gasteiger partial charge in [-0.3, -0.25) is 0 Å². The Balaban J connectivity index is 2.17. The van der Waals surface area contributed by atoms with E-state index in [1.54, 1.807) is 12.1 Å². The van der Waals surface area contributed by atoms with E-state index in [-0.39, 0.29) is 0 Å². The molecule has 5 nitrogen and oxygen atoms in total. The number of rotatable bonds is 8. The maximum Gasteiger partial charge on any atom is 0.228 e. The molecule has 28 heavy (non-hydrogen) atoms. The molecule has 0 N–H and O–H groups in total. The second-order valence-electron chi connectivity index (χ2n) is 6.86. The highest BCUT2D eigenvalue weighted by atomic mass is 19.1. The molecule has 0 spiro atoms. The lowest BCUT2D eigenvalue weighted by atomic mass is 10.1. The summed E-state index contributed by atoms with van der Waals surface area (Å²) in [5, 5.41) is 0. The first-order chi connectivity index (χ1) is 13.5. The molecular formula is C22H28FN3O2. The third-order valence-corrected chi connectivity index (χ3v) is 5.07. The molecule has 0 aliphatic carbocycles. The van der Waals surface area contributed by atoms with E-state index in [0.717, 1.165) is 46.5 Å². The number of halogens is 1. The van der Waals surface area contributed by atoms with Gasteiger partial charge in [-0.15, -0.1) is 0 Å². The van der Waals surface area contributed by atoms with Crippen LogP contribution in [0, 0.1) is 13.8 Å². The summed E-state index contributed by atoms with van der Waals surface area (Å²) in [4.78, 5) is 9.86. The molecule has 0 aliphatic heterocycles. The van der Waals surface area contributed by atoms with Gasteiger partial charge in [0.1, 0.15) is 17.0 Å². The minimum atomic E-state index is -0.877. The molecule has 0 fully saturated rings. The molecular weight excluding hydrogens is 357 g/mol. The van der Waals surface area contributed by atoms with Crippen molar-refractivity contribution in [2.45, 2.75) is 53.5 Å². The van der Waals surface area contributed by atoms with Gasteiger partial charge in [0.15, 0.2) is 5.65 Å². The quantitative estimate of drug-likeness (QED) is 0.493. The van der Waals surface area contributed by atoms with Crippen LogP contribution in [0.25, 0.3) is 22.4 Å². The molecule has 3 aromatic rings. The smallest absolute Gasteiger partial charge is 0.228 e. The third kappa shape index (κ3) is 3.68. The van der Waals surface area contributed by atoms with Crippen LogP contribution in [0.1, 0.15) is 50.9 Å². The van der Waals surface area contributed by atoms with Gasteiger partial charge in [0.05, 0.1) is 18.0 Å². The molecule has 2 heterocycles. The van der Waals surface area contributed by atoms with Crippen molar-refractivity contribution in [2.75, 3.05) is 13.5 Å². The van der Waals surface area contributed by atoms with Crippen molar-refractivity contribution < 1.29 is 13.9 Å². The first-order valence-corrected chi connectivity index (χ1v) is 9.85. The number of hydrogen-bond acceptors (Lipinski definition) is 4.